The molecular formula is C10H8Cl2O3. The lowest BCUT2D eigenvalue weighted by Crippen LogP contribution is -2.20. The molecule has 1 rings (SSSR count). The zero-order valence-electron chi connectivity index (χ0n) is 7.87. The van der Waals surface area contributed by atoms with Gasteiger partial charge in [0, 0.05) is 5.02 Å². The highest BCUT2D eigenvalue weighted by Crippen LogP contribution is 2.23. The van der Waals surface area contributed by atoms with Gasteiger partial charge in [0.2, 0.25) is 0 Å². The van der Waals surface area contributed by atoms with Gasteiger partial charge in [0.1, 0.15) is 5.38 Å². The highest BCUT2D eigenvalue weighted by molar-refractivity contribution is 6.47. The number of alkyl halides is 1. The van der Waals surface area contributed by atoms with Gasteiger partial charge in [-0.05, 0) is 17.7 Å². The summed E-state index contributed by atoms with van der Waals surface area (Å²) < 4.78 is 4.28. The molecule has 0 radical (unpaired) electrons. The van der Waals surface area contributed by atoms with Crippen molar-refractivity contribution in [3.8, 4) is 0 Å². The van der Waals surface area contributed by atoms with Gasteiger partial charge < -0.3 is 4.74 Å². The lowest BCUT2D eigenvalue weighted by atomic mass is 10.1. The van der Waals surface area contributed by atoms with E-state index in [4.69, 9.17) is 23.2 Å². The SMILES string of the molecule is COC(=O)C(=O)C(Cl)c1ccc(Cl)cc1. The van der Waals surface area contributed by atoms with E-state index in [0.717, 1.165) is 7.11 Å². The predicted octanol–water partition coefficient (Wildman–Crippen LogP) is 2.36. The first-order valence-electron chi connectivity index (χ1n) is 4.08. The van der Waals surface area contributed by atoms with Crippen molar-refractivity contribution in [1.82, 2.24) is 0 Å². The lowest BCUT2D eigenvalue weighted by molar-refractivity contribution is -0.151. The van der Waals surface area contributed by atoms with Crippen molar-refractivity contribution in [2.24, 2.45) is 0 Å². The van der Waals surface area contributed by atoms with E-state index in [0.29, 0.717) is 10.6 Å². The van der Waals surface area contributed by atoms with Gasteiger partial charge in [0.25, 0.3) is 5.78 Å². The molecule has 80 valence electrons. The monoisotopic (exact) mass is 246 g/mol. The number of rotatable bonds is 3. The molecule has 3 nitrogen and oxygen atoms in total. The number of hydrogen-bond acceptors (Lipinski definition) is 3. The maximum atomic E-state index is 11.3. The van der Waals surface area contributed by atoms with Crippen LogP contribution in [0.5, 0.6) is 0 Å². The molecule has 0 aliphatic carbocycles. The summed E-state index contributed by atoms with van der Waals surface area (Å²) in [6.45, 7) is 0. The Morgan fingerprint density at radius 1 is 1.27 bits per heavy atom. The summed E-state index contributed by atoms with van der Waals surface area (Å²) in [5.74, 6) is -1.74. The minimum atomic E-state index is -1.03. The van der Waals surface area contributed by atoms with Crippen LogP contribution in [0.25, 0.3) is 0 Å². The first-order valence-corrected chi connectivity index (χ1v) is 4.89. The van der Waals surface area contributed by atoms with Crippen LogP contribution >= 0.6 is 23.2 Å². The van der Waals surface area contributed by atoms with Crippen molar-refractivity contribution in [2.75, 3.05) is 7.11 Å². The smallest absolute Gasteiger partial charge is 0.376 e. The minimum Gasteiger partial charge on any atom is -0.463 e. The molecule has 0 aliphatic heterocycles. The van der Waals surface area contributed by atoms with E-state index in [9.17, 15) is 9.59 Å². The molecule has 0 saturated carbocycles. The second kappa shape index (κ2) is 5.14. The van der Waals surface area contributed by atoms with Crippen LogP contribution in [-0.4, -0.2) is 18.9 Å². The molecule has 1 atom stereocenters. The van der Waals surface area contributed by atoms with E-state index in [1.807, 2.05) is 0 Å². The van der Waals surface area contributed by atoms with Crippen molar-refractivity contribution in [3.63, 3.8) is 0 Å². The lowest BCUT2D eigenvalue weighted by Gasteiger charge is -2.06. The first kappa shape index (κ1) is 12.0. The van der Waals surface area contributed by atoms with E-state index in [2.05, 4.69) is 4.74 Å². The number of ketones is 1. The van der Waals surface area contributed by atoms with Crippen molar-refractivity contribution >= 4 is 35.0 Å². The molecule has 0 saturated heterocycles. The van der Waals surface area contributed by atoms with Crippen LogP contribution in [-0.2, 0) is 14.3 Å². The van der Waals surface area contributed by atoms with Crippen LogP contribution < -0.4 is 0 Å². The number of Topliss-reactive ketones (excluding diaryl/α,β-unsaturated/α-hetero) is 1. The van der Waals surface area contributed by atoms with Gasteiger partial charge in [0.05, 0.1) is 7.11 Å². The maximum Gasteiger partial charge on any atom is 0.376 e. The summed E-state index contributed by atoms with van der Waals surface area (Å²) >= 11 is 11.5. The molecule has 0 aliphatic rings. The van der Waals surface area contributed by atoms with Gasteiger partial charge in [-0.2, -0.15) is 0 Å². The molecule has 1 unspecified atom stereocenters. The second-order valence-corrected chi connectivity index (χ2v) is 3.64. The Kier molecular flexibility index (Phi) is 4.12. The predicted molar refractivity (Wildman–Crippen MR) is 57.1 cm³/mol. The standard InChI is InChI=1S/C10H8Cl2O3/c1-15-10(14)9(13)8(12)6-2-4-7(11)5-3-6/h2-5,8H,1H3. The molecule has 0 heterocycles. The third kappa shape index (κ3) is 2.94. The van der Waals surface area contributed by atoms with Gasteiger partial charge in [-0.25, -0.2) is 4.79 Å². The summed E-state index contributed by atoms with van der Waals surface area (Å²) in [4.78, 5) is 22.2. The fraction of sp³-hybridized carbons (Fsp3) is 0.200. The summed E-state index contributed by atoms with van der Waals surface area (Å²) in [7, 11) is 1.13. The van der Waals surface area contributed by atoms with E-state index >= 15 is 0 Å². The fourth-order valence-electron chi connectivity index (χ4n) is 0.987. The molecule has 5 heteroatoms. The molecule has 0 N–H and O–H groups in total. The van der Waals surface area contributed by atoms with E-state index in [-0.39, 0.29) is 0 Å². The number of hydrogen-bond donors (Lipinski definition) is 0. The molecule has 0 aromatic heterocycles. The topological polar surface area (TPSA) is 43.4 Å². The minimum absolute atomic E-state index is 0.511. The summed E-state index contributed by atoms with van der Waals surface area (Å²) in [5.41, 5.74) is 0.511. The van der Waals surface area contributed by atoms with Crippen LogP contribution in [0.1, 0.15) is 10.9 Å². The first-order chi connectivity index (χ1) is 7.06. The molecular weight excluding hydrogens is 239 g/mol. The Balaban J connectivity index is 2.85. The quantitative estimate of drug-likeness (QED) is 0.467. The fourth-order valence-corrected chi connectivity index (χ4v) is 1.35. The Labute approximate surface area is 96.9 Å². The summed E-state index contributed by atoms with van der Waals surface area (Å²) in [6.07, 6.45) is 0. The maximum absolute atomic E-state index is 11.3. The van der Waals surface area contributed by atoms with E-state index < -0.39 is 17.1 Å². The number of carbonyl (C=O) groups is 2. The summed E-state index contributed by atoms with van der Waals surface area (Å²) in [6, 6.07) is 6.36. The number of benzene rings is 1. The Morgan fingerprint density at radius 2 is 1.80 bits per heavy atom. The number of esters is 1. The Bertz CT molecular complexity index is 373. The molecule has 0 spiro atoms. The van der Waals surface area contributed by atoms with Crippen LogP contribution in [0.3, 0.4) is 0 Å². The van der Waals surface area contributed by atoms with E-state index in [1.54, 1.807) is 24.3 Å². The van der Waals surface area contributed by atoms with Crippen LogP contribution in [0, 0.1) is 0 Å². The third-order valence-electron chi connectivity index (χ3n) is 1.78. The molecule has 0 bridgehead atoms. The largest absolute Gasteiger partial charge is 0.463 e. The summed E-state index contributed by atoms with van der Waals surface area (Å²) in [5, 5.41) is -0.497. The molecule has 0 amide bonds. The van der Waals surface area contributed by atoms with Crippen molar-refractivity contribution in [1.29, 1.82) is 0 Å². The average molecular weight is 247 g/mol. The van der Waals surface area contributed by atoms with Crippen molar-refractivity contribution in [2.45, 2.75) is 5.38 Å². The van der Waals surface area contributed by atoms with Crippen molar-refractivity contribution in [3.05, 3.63) is 34.9 Å². The van der Waals surface area contributed by atoms with Gasteiger partial charge in [0.15, 0.2) is 0 Å². The number of halogens is 2. The highest BCUT2D eigenvalue weighted by atomic mass is 35.5. The Morgan fingerprint density at radius 3 is 2.27 bits per heavy atom. The average Bonchev–Trinajstić information content (AvgIpc) is 2.27. The van der Waals surface area contributed by atoms with Crippen LogP contribution in [0.15, 0.2) is 24.3 Å². The molecule has 1 aromatic rings. The zero-order chi connectivity index (χ0) is 11.4. The van der Waals surface area contributed by atoms with Crippen molar-refractivity contribution < 1.29 is 14.3 Å². The third-order valence-corrected chi connectivity index (χ3v) is 2.48. The normalized spacial score (nSPS) is 11.9. The van der Waals surface area contributed by atoms with Crippen LogP contribution in [0.2, 0.25) is 5.02 Å². The van der Waals surface area contributed by atoms with Gasteiger partial charge in [-0.3, -0.25) is 4.79 Å². The Hall–Kier alpha value is -1.06. The van der Waals surface area contributed by atoms with Crippen LogP contribution in [0.4, 0.5) is 0 Å². The second-order valence-electron chi connectivity index (χ2n) is 2.77. The van der Waals surface area contributed by atoms with E-state index in [1.165, 1.54) is 0 Å². The number of ether oxygens (including phenoxy) is 1. The molecule has 0 fully saturated rings. The van der Waals surface area contributed by atoms with Gasteiger partial charge in [-0.1, -0.05) is 23.7 Å². The molecule has 1 aromatic carbocycles. The number of carbonyl (C=O) groups excluding carboxylic acids is 2. The number of methoxy groups -OCH3 is 1. The van der Waals surface area contributed by atoms with Gasteiger partial charge >= 0.3 is 5.97 Å². The van der Waals surface area contributed by atoms with Gasteiger partial charge in [-0.15, -0.1) is 11.6 Å². The highest BCUT2D eigenvalue weighted by Gasteiger charge is 2.25. The zero-order valence-corrected chi connectivity index (χ0v) is 9.38. The molecule has 15 heavy (non-hydrogen) atoms.